The van der Waals surface area contributed by atoms with Crippen LogP contribution in [0.5, 0.6) is 0 Å². The lowest BCUT2D eigenvalue weighted by atomic mass is 10.2. The zero-order chi connectivity index (χ0) is 18.4. The lowest BCUT2D eigenvalue weighted by molar-refractivity contribution is 0.0472. The third-order valence-corrected chi connectivity index (χ3v) is 5.58. The van der Waals surface area contributed by atoms with Crippen LogP contribution in [0.3, 0.4) is 0 Å². The van der Waals surface area contributed by atoms with Crippen molar-refractivity contribution in [2.45, 2.75) is 30.4 Å². The highest BCUT2D eigenvalue weighted by atomic mass is 32.2. The molecule has 138 valence electrons. The molecule has 6 nitrogen and oxygen atoms in total. The number of carbonyl (C=O) groups excluding carboxylic acids is 1. The van der Waals surface area contributed by atoms with Crippen LogP contribution in [0.1, 0.15) is 28.8 Å². The summed E-state index contributed by atoms with van der Waals surface area (Å²) >= 11 is 0. The fourth-order valence-corrected chi connectivity index (χ4v) is 3.73. The fourth-order valence-electron chi connectivity index (χ4n) is 2.67. The third-order valence-electron chi connectivity index (χ3n) is 4.14. The molecule has 0 aromatic heterocycles. The number of ether oxygens (including phenoxy) is 2. The highest BCUT2D eigenvalue weighted by molar-refractivity contribution is 7.89. The molecule has 0 aliphatic carbocycles. The molecule has 1 aliphatic heterocycles. The summed E-state index contributed by atoms with van der Waals surface area (Å²) in [6, 6.07) is 15.1. The van der Waals surface area contributed by atoms with Crippen molar-refractivity contribution in [1.29, 1.82) is 0 Å². The van der Waals surface area contributed by atoms with Gasteiger partial charge in [-0.25, -0.2) is 17.9 Å². The number of carbonyl (C=O) groups is 1. The monoisotopic (exact) mass is 375 g/mol. The maximum atomic E-state index is 12.3. The van der Waals surface area contributed by atoms with E-state index in [0.717, 1.165) is 18.4 Å². The van der Waals surface area contributed by atoms with Crippen molar-refractivity contribution in [3.05, 3.63) is 65.7 Å². The molecule has 0 saturated carbocycles. The molecule has 2 aromatic rings. The van der Waals surface area contributed by atoms with Gasteiger partial charge in [0.2, 0.25) is 10.0 Å². The Hall–Kier alpha value is -2.22. The van der Waals surface area contributed by atoms with Crippen LogP contribution in [-0.4, -0.2) is 33.6 Å². The molecule has 0 amide bonds. The first-order chi connectivity index (χ1) is 12.5. The van der Waals surface area contributed by atoms with Crippen LogP contribution in [0.4, 0.5) is 0 Å². The standard InChI is InChI=1S/C19H21NO5S/c21-19(25-14-15-5-2-1-3-6-15)16-8-10-18(11-9-16)26(22,23)20-13-17-7-4-12-24-17/h1-3,5-6,8-11,17,20H,4,7,12-14H2. The molecule has 1 N–H and O–H groups in total. The van der Waals surface area contributed by atoms with Gasteiger partial charge in [0.25, 0.3) is 0 Å². The summed E-state index contributed by atoms with van der Waals surface area (Å²) in [4.78, 5) is 12.2. The predicted molar refractivity (Wildman–Crippen MR) is 96.2 cm³/mol. The Morgan fingerprint density at radius 3 is 2.50 bits per heavy atom. The lowest BCUT2D eigenvalue weighted by Crippen LogP contribution is -2.31. The summed E-state index contributed by atoms with van der Waals surface area (Å²) in [7, 11) is -3.63. The smallest absolute Gasteiger partial charge is 0.338 e. The summed E-state index contributed by atoms with van der Waals surface area (Å²) < 4.78 is 37.8. The number of hydrogen-bond acceptors (Lipinski definition) is 5. The summed E-state index contributed by atoms with van der Waals surface area (Å²) in [6.45, 7) is 1.10. The lowest BCUT2D eigenvalue weighted by Gasteiger charge is -2.11. The number of sulfonamides is 1. The van der Waals surface area contributed by atoms with Gasteiger partial charge in [-0.05, 0) is 42.7 Å². The van der Waals surface area contributed by atoms with Gasteiger partial charge in [-0.2, -0.15) is 0 Å². The largest absolute Gasteiger partial charge is 0.457 e. The van der Waals surface area contributed by atoms with Crippen LogP contribution in [-0.2, 0) is 26.1 Å². The first kappa shape index (κ1) is 18.6. The molecular weight excluding hydrogens is 354 g/mol. The van der Waals surface area contributed by atoms with E-state index in [1.807, 2.05) is 30.3 Å². The van der Waals surface area contributed by atoms with Gasteiger partial charge in [0.1, 0.15) is 6.61 Å². The Morgan fingerprint density at radius 2 is 1.85 bits per heavy atom. The quantitative estimate of drug-likeness (QED) is 0.752. The van der Waals surface area contributed by atoms with Crippen LogP contribution >= 0.6 is 0 Å². The fraction of sp³-hybridized carbons (Fsp3) is 0.316. The van der Waals surface area contributed by atoms with Gasteiger partial charge in [-0.15, -0.1) is 0 Å². The van der Waals surface area contributed by atoms with E-state index in [9.17, 15) is 13.2 Å². The highest BCUT2D eigenvalue weighted by Gasteiger charge is 2.20. The Kier molecular flexibility index (Phi) is 6.03. The van der Waals surface area contributed by atoms with E-state index in [2.05, 4.69) is 4.72 Å². The molecule has 1 heterocycles. The summed E-state index contributed by atoms with van der Waals surface area (Å²) in [5.41, 5.74) is 1.19. The minimum Gasteiger partial charge on any atom is -0.457 e. The topological polar surface area (TPSA) is 81.7 Å². The van der Waals surface area contributed by atoms with E-state index >= 15 is 0 Å². The van der Waals surface area contributed by atoms with Crippen molar-refractivity contribution in [3.8, 4) is 0 Å². The van der Waals surface area contributed by atoms with Crippen molar-refractivity contribution in [2.75, 3.05) is 13.2 Å². The molecule has 3 rings (SSSR count). The first-order valence-corrected chi connectivity index (χ1v) is 9.95. The maximum absolute atomic E-state index is 12.3. The van der Waals surface area contributed by atoms with Crippen LogP contribution in [0.2, 0.25) is 0 Å². The zero-order valence-corrected chi connectivity index (χ0v) is 15.1. The summed E-state index contributed by atoms with van der Waals surface area (Å²) in [5, 5.41) is 0. The summed E-state index contributed by atoms with van der Waals surface area (Å²) in [5.74, 6) is -0.495. The van der Waals surface area contributed by atoms with Gasteiger partial charge >= 0.3 is 5.97 Å². The van der Waals surface area contributed by atoms with Gasteiger partial charge in [-0.3, -0.25) is 0 Å². The number of esters is 1. The van der Waals surface area contributed by atoms with Crippen molar-refractivity contribution in [2.24, 2.45) is 0 Å². The Balaban J connectivity index is 1.57. The molecule has 0 radical (unpaired) electrons. The van der Waals surface area contributed by atoms with Gasteiger partial charge in [-0.1, -0.05) is 30.3 Å². The first-order valence-electron chi connectivity index (χ1n) is 8.47. The average Bonchev–Trinajstić information content (AvgIpc) is 3.19. The zero-order valence-electron chi connectivity index (χ0n) is 14.3. The number of benzene rings is 2. The van der Waals surface area contributed by atoms with E-state index in [4.69, 9.17) is 9.47 Å². The van der Waals surface area contributed by atoms with E-state index in [1.54, 1.807) is 0 Å². The van der Waals surface area contributed by atoms with Crippen LogP contribution < -0.4 is 4.72 Å². The molecule has 2 aromatic carbocycles. The molecular formula is C19H21NO5S. The highest BCUT2D eigenvalue weighted by Crippen LogP contribution is 2.15. The predicted octanol–water partition coefficient (Wildman–Crippen LogP) is 2.50. The molecule has 26 heavy (non-hydrogen) atoms. The Morgan fingerprint density at radius 1 is 1.12 bits per heavy atom. The van der Waals surface area contributed by atoms with Gasteiger partial charge in [0.05, 0.1) is 16.6 Å². The van der Waals surface area contributed by atoms with E-state index in [0.29, 0.717) is 12.2 Å². The minimum atomic E-state index is -3.63. The molecule has 1 atom stereocenters. The normalized spacial score (nSPS) is 17.2. The van der Waals surface area contributed by atoms with Gasteiger partial charge in [0.15, 0.2) is 0 Å². The molecule has 1 saturated heterocycles. The number of nitrogens with one attached hydrogen (secondary N) is 1. The van der Waals surface area contributed by atoms with E-state index in [-0.39, 0.29) is 24.2 Å². The molecule has 1 fully saturated rings. The van der Waals surface area contributed by atoms with Crippen molar-refractivity contribution < 1.29 is 22.7 Å². The third kappa shape index (κ3) is 4.91. The maximum Gasteiger partial charge on any atom is 0.338 e. The molecule has 1 aliphatic rings. The number of hydrogen-bond donors (Lipinski definition) is 1. The number of rotatable bonds is 7. The second kappa shape index (κ2) is 8.44. The molecule has 0 bridgehead atoms. The molecule has 0 spiro atoms. The molecule has 1 unspecified atom stereocenters. The average molecular weight is 375 g/mol. The van der Waals surface area contributed by atoms with Crippen LogP contribution in [0.15, 0.2) is 59.5 Å². The van der Waals surface area contributed by atoms with Crippen LogP contribution in [0, 0.1) is 0 Å². The Labute approximate surface area is 153 Å². The van der Waals surface area contributed by atoms with Crippen molar-refractivity contribution >= 4 is 16.0 Å². The van der Waals surface area contributed by atoms with Gasteiger partial charge < -0.3 is 9.47 Å². The van der Waals surface area contributed by atoms with E-state index in [1.165, 1.54) is 24.3 Å². The van der Waals surface area contributed by atoms with Crippen molar-refractivity contribution in [1.82, 2.24) is 4.72 Å². The second-order valence-corrected chi connectivity index (χ2v) is 7.84. The minimum absolute atomic E-state index is 0.0722. The SMILES string of the molecule is O=C(OCc1ccccc1)c1ccc(S(=O)(=O)NCC2CCCO2)cc1. The Bertz CT molecular complexity index is 828. The molecule has 7 heteroatoms. The second-order valence-electron chi connectivity index (χ2n) is 6.07. The summed E-state index contributed by atoms with van der Waals surface area (Å²) in [6.07, 6.45) is 1.73. The van der Waals surface area contributed by atoms with Gasteiger partial charge in [0, 0.05) is 13.2 Å². The van der Waals surface area contributed by atoms with Crippen LogP contribution in [0.25, 0.3) is 0 Å². The van der Waals surface area contributed by atoms with E-state index < -0.39 is 16.0 Å². The van der Waals surface area contributed by atoms with Crippen molar-refractivity contribution in [3.63, 3.8) is 0 Å².